The van der Waals surface area contributed by atoms with Crippen LogP contribution in [0.25, 0.3) is 0 Å². The Morgan fingerprint density at radius 1 is 1.35 bits per heavy atom. The van der Waals surface area contributed by atoms with Gasteiger partial charge in [0, 0.05) is 29.1 Å². The molecule has 0 radical (unpaired) electrons. The summed E-state index contributed by atoms with van der Waals surface area (Å²) in [6.45, 7) is 4.07. The number of sulfonamides is 1. The lowest BCUT2D eigenvalue weighted by Crippen LogP contribution is -2.26. The molecule has 0 fully saturated rings. The first-order valence-corrected chi connectivity index (χ1v) is 8.79. The van der Waals surface area contributed by atoms with Crippen LogP contribution in [0.1, 0.15) is 16.3 Å². The van der Waals surface area contributed by atoms with Gasteiger partial charge in [0.2, 0.25) is 10.0 Å². The third-order valence-electron chi connectivity index (χ3n) is 2.75. The molecule has 1 aromatic carbocycles. The van der Waals surface area contributed by atoms with Crippen molar-refractivity contribution in [3.05, 3.63) is 44.9 Å². The van der Waals surface area contributed by atoms with Crippen molar-refractivity contribution >= 4 is 33.0 Å². The van der Waals surface area contributed by atoms with E-state index < -0.39 is 10.0 Å². The molecule has 108 valence electrons. The fraction of sp³-hybridized carbons (Fsp3) is 0.308. The van der Waals surface area contributed by atoms with Gasteiger partial charge in [-0.2, -0.15) is 0 Å². The molecule has 0 bridgehead atoms. The molecule has 0 aliphatic rings. The Hall–Kier alpha value is -0.950. The minimum Gasteiger partial charge on any atom is -0.247 e. The minimum atomic E-state index is -3.52. The number of nitrogens with zero attached hydrogens (tertiary/aromatic N) is 1. The van der Waals surface area contributed by atoms with Crippen LogP contribution in [-0.4, -0.2) is 19.9 Å². The van der Waals surface area contributed by atoms with Gasteiger partial charge in [-0.15, -0.1) is 11.3 Å². The molecule has 0 aliphatic carbocycles. The van der Waals surface area contributed by atoms with Crippen LogP contribution in [-0.2, 0) is 16.4 Å². The van der Waals surface area contributed by atoms with Crippen LogP contribution < -0.4 is 4.72 Å². The van der Waals surface area contributed by atoms with Crippen molar-refractivity contribution in [1.29, 1.82) is 0 Å². The van der Waals surface area contributed by atoms with Crippen LogP contribution in [0.2, 0.25) is 5.02 Å². The summed E-state index contributed by atoms with van der Waals surface area (Å²) in [5, 5.41) is 3.32. The highest BCUT2D eigenvalue weighted by atomic mass is 35.5. The van der Waals surface area contributed by atoms with E-state index in [-0.39, 0.29) is 4.90 Å². The van der Waals surface area contributed by atoms with E-state index in [9.17, 15) is 8.42 Å². The van der Waals surface area contributed by atoms with Crippen molar-refractivity contribution < 1.29 is 8.42 Å². The average Bonchev–Trinajstić information content (AvgIpc) is 2.78. The number of thiazole rings is 1. The van der Waals surface area contributed by atoms with Crippen LogP contribution in [0, 0.1) is 13.8 Å². The molecule has 7 heteroatoms. The van der Waals surface area contributed by atoms with Gasteiger partial charge in [0.1, 0.15) is 0 Å². The number of hydrogen-bond donors (Lipinski definition) is 1. The summed E-state index contributed by atoms with van der Waals surface area (Å²) in [5.41, 5.74) is 1.81. The van der Waals surface area contributed by atoms with Gasteiger partial charge in [0.25, 0.3) is 0 Å². The maximum absolute atomic E-state index is 12.1. The molecule has 0 saturated carbocycles. The SMILES string of the molecule is Cc1csc(CCNS(=O)(=O)c2ccc(C)c(Cl)c2)n1. The third-order valence-corrected chi connectivity index (χ3v) is 5.64. The minimum absolute atomic E-state index is 0.184. The molecule has 4 nitrogen and oxygen atoms in total. The summed E-state index contributed by atoms with van der Waals surface area (Å²) in [6.07, 6.45) is 0.581. The zero-order chi connectivity index (χ0) is 14.8. The molecule has 20 heavy (non-hydrogen) atoms. The Labute approximate surface area is 127 Å². The topological polar surface area (TPSA) is 59.1 Å². The number of nitrogens with one attached hydrogen (secondary N) is 1. The molecule has 1 aromatic heterocycles. The van der Waals surface area contributed by atoms with E-state index in [4.69, 9.17) is 11.6 Å². The Morgan fingerprint density at radius 2 is 2.10 bits per heavy atom. The fourth-order valence-corrected chi connectivity index (χ4v) is 3.71. The Morgan fingerprint density at radius 3 is 2.70 bits per heavy atom. The van der Waals surface area contributed by atoms with E-state index in [1.165, 1.54) is 17.4 Å². The zero-order valence-corrected chi connectivity index (χ0v) is 13.6. The van der Waals surface area contributed by atoms with Gasteiger partial charge in [-0.05, 0) is 31.5 Å². The van der Waals surface area contributed by atoms with Gasteiger partial charge >= 0.3 is 0 Å². The lowest BCUT2D eigenvalue weighted by Gasteiger charge is -2.07. The lowest BCUT2D eigenvalue weighted by atomic mass is 10.2. The smallest absolute Gasteiger partial charge is 0.240 e. The van der Waals surface area contributed by atoms with E-state index in [0.717, 1.165) is 16.3 Å². The average molecular weight is 331 g/mol. The zero-order valence-electron chi connectivity index (χ0n) is 11.2. The molecule has 0 atom stereocenters. The van der Waals surface area contributed by atoms with Crippen molar-refractivity contribution in [3.63, 3.8) is 0 Å². The van der Waals surface area contributed by atoms with Crippen molar-refractivity contribution in [2.24, 2.45) is 0 Å². The molecular formula is C13H15ClN2O2S2. The van der Waals surface area contributed by atoms with E-state index in [2.05, 4.69) is 9.71 Å². The summed E-state index contributed by atoms with van der Waals surface area (Å²) in [5.74, 6) is 0. The maximum Gasteiger partial charge on any atom is 0.240 e. The van der Waals surface area contributed by atoms with Crippen LogP contribution in [0.4, 0.5) is 0 Å². The summed E-state index contributed by atoms with van der Waals surface area (Å²) in [6, 6.07) is 4.71. The molecule has 1 heterocycles. The first kappa shape index (κ1) is 15.4. The normalized spacial score (nSPS) is 11.8. The predicted octanol–water partition coefficient (Wildman–Crippen LogP) is 2.93. The van der Waals surface area contributed by atoms with Gasteiger partial charge in [0.05, 0.1) is 9.90 Å². The summed E-state index contributed by atoms with van der Waals surface area (Å²) < 4.78 is 26.8. The molecular weight excluding hydrogens is 316 g/mol. The second-order valence-electron chi connectivity index (χ2n) is 4.44. The second kappa shape index (κ2) is 6.22. The Bertz CT molecular complexity index is 711. The maximum atomic E-state index is 12.1. The number of hydrogen-bond acceptors (Lipinski definition) is 4. The predicted molar refractivity (Wildman–Crippen MR) is 81.9 cm³/mol. The number of halogens is 1. The fourth-order valence-electron chi connectivity index (χ4n) is 1.63. The van der Waals surface area contributed by atoms with Crippen molar-refractivity contribution in [2.45, 2.75) is 25.2 Å². The molecule has 0 unspecified atom stereocenters. The largest absolute Gasteiger partial charge is 0.247 e. The van der Waals surface area contributed by atoms with Crippen LogP contribution in [0.3, 0.4) is 0 Å². The second-order valence-corrected chi connectivity index (χ2v) is 7.56. The van der Waals surface area contributed by atoms with Crippen molar-refractivity contribution in [2.75, 3.05) is 6.54 Å². The van der Waals surface area contributed by atoms with E-state index in [1.54, 1.807) is 12.1 Å². The lowest BCUT2D eigenvalue weighted by molar-refractivity contribution is 0.581. The number of benzene rings is 1. The van der Waals surface area contributed by atoms with E-state index >= 15 is 0 Å². The molecule has 0 spiro atoms. The molecule has 2 rings (SSSR count). The van der Waals surface area contributed by atoms with Gasteiger partial charge in [-0.25, -0.2) is 18.1 Å². The molecule has 1 N–H and O–H groups in total. The highest BCUT2D eigenvalue weighted by molar-refractivity contribution is 7.89. The van der Waals surface area contributed by atoms with Crippen molar-refractivity contribution in [1.82, 2.24) is 9.71 Å². The van der Waals surface area contributed by atoms with Gasteiger partial charge in [0.15, 0.2) is 0 Å². The first-order chi connectivity index (χ1) is 9.38. The molecule has 2 aromatic rings. The molecule has 0 saturated heterocycles. The Kier molecular flexibility index (Phi) is 4.80. The van der Waals surface area contributed by atoms with Crippen LogP contribution in [0.15, 0.2) is 28.5 Å². The van der Waals surface area contributed by atoms with Crippen molar-refractivity contribution in [3.8, 4) is 0 Å². The monoisotopic (exact) mass is 330 g/mol. The number of aromatic nitrogens is 1. The van der Waals surface area contributed by atoms with E-state index in [1.807, 2.05) is 19.2 Å². The standard InChI is InChI=1S/C13H15ClN2O2S2/c1-9-3-4-11(7-12(9)14)20(17,18)15-6-5-13-16-10(2)8-19-13/h3-4,7-8,15H,5-6H2,1-2H3. The number of rotatable bonds is 5. The quantitative estimate of drug-likeness (QED) is 0.917. The van der Waals surface area contributed by atoms with Gasteiger partial charge in [-0.3, -0.25) is 0 Å². The number of aryl methyl sites for hydroxylation is 2. The molecule has 0 aliphatic heterocycles. The summed E-state index contributed by atoms with van der Waals surface area (Å²) >= 11 is 7.49. The highest BCUT2D eigenvalue weighted by Crippen LogP contribution is 2.19. The summed E-state index contributed by atoms with van der Waals surface area (Å²) in [4.78, 5) is 4.48. The summed E-state index contributed by atoms with van der Waals surface area (Å²) in [7, 11) is -3.52. The first-order valence-electron chi connectivity index (χ1n) is 6.05. The van der Waals surface area contributed by atoms with Gasteiger partial charge in [-0.1, -0.05) is 17.7 Å². The van der Waals surface area contributed by atoms with Crippen LogP contribution in [0.5, 0.6) is 0 Å². The van der Waals surface area contributed by atoms with E-state index in [0.29, 0.717) is 18.0 Å². The van der Waals surface area contributed by atoms with Gasteiger partial charge < -0.3 is 0 Å². The Balaban J connectivity index is 2.02. The van der Waals surface area contributed by atoms with Crippen LogP contribution >= 0.6 is 22.9 Å². The highest BCUT2D eigenvalue weighted by Gasteiger charge is 2.14. The third kappa shape index (κ3) is 3.79. The molecule has 0 amide bonds.